The van der Waals surface area contributed by atoms with Crippen LogP contribution in [0.25, 0.3) is 0 Å². The Morgan fingerprint density at radius 1 is 1.00 bits per heavy atom. The number of nitrogens with two attached hydrogens (primary N) is 2. The first-order valence-electron chi connectivity index (χ1n) is 3.36. The fraction of sp³-hybridized carbons (Fsp3) is 0.667. The minimum Gasteiger partial charge on any atom is -0.369 e. The number of primary amides is 2. The van der Waals surface area contributed by atoms with Gasteiger partial charge in [-0.05, 0) is 13.8 Å². The molecule has 4 N–H and O–H groups in total. The number of amides is 2. The van der Waals surface area contributed by atoms with Gasteiger partial charge in [0.25, 0.3) is 0 Å². The lowest BCUT2D eigenvalue weighted by Gasteiger charge is -2.08. The molecule has 0 aliphatic rings. The van der Waals surface area contributed by atoms with E-state index in [1.807, 2.05) is 0 Å². The lowest BCUT2D eigenvalue weighted by Crippen LogP contribution is -2.24. The molecule has 0 aliphatic heterocycles. The highest BCUT2D eigenvalue weighted by Gasteiger charge is 2.14. The van der Waals surface area contributed by atoms with Gasteiger partial charge in [-0.25, -0.2) is 0 Å². The number of rotatable bonds is 5. The molecule has 2 atom stereocenters. The van der Waals surface area contributed by atoms with E-state index in [9.17, 15) is 9.59 Å². The first-order chi connectivity index (χ1) is 5.45. The van der Waals surface area contributed by atoms with Gasteiger partial charge in [0.15, 0.2) is 0 Å². The van der Waals surface area contributed by atoms with Crippen LogP contribution in [0.4, 0.5) is 0 Å². The van der Waals surface area contributed by atoms with Crippen LogP contribution in [0, 0.1) is 0 Å². The summed E-state index contributed by atoms with van der Waals surface area (Å²) in [5, 5.41) is -0.589. The van der Waals surface area contributed by atoms with E-state index >= 15 is 0 Å². The van der Waals surface area contributed by atoms with Gasteiger partial charge >= 0.3 is 0 Å². The van der Waals surface area contributed by atoms with Gasteiger partial charge in [-0.15, -0.1) is 12.4 Å². The van der Waals surface area contributed by atoms with E-state index in [4.69, 9.17) is 11.5 Å². The first-order valence-corrected chi connectivity index (χ1v) is 5.63. The van der Waals surface area contributed by atoms with Gasteiger partial charge in [0.05, 0.1) is 10.5 Å². The smallest absolute Gasteiger partial charge is 0.231 e. The van der Waals surface area contributed by atoms with Crippen molar-refractivity contribution in [3.8, 4) is 0 Å². The Balaban J connectivity index is 0. The number of carbonyl (C=O) groups excluding carboxylic acids is 2. The first kappa shape index (κ1) is 15.4. The number of carbonyl (C=O) groups is 2. The second-order valence-electron chi connectivity index (χ2n) is 2.28. The summed E-state index contributed by atoms with van der Waals surface area (Å²) >= 11 is 0. The van der Waals surface area contributed by atoms with Gasteiger partial charge < -0.3 is 11.5 Å². The van der Waals surface area contributed by atoms with Crippen molar-refractivity contribution >= 4 is 45.8 Å². The summed E-state index contributed by atoms with van der Waals surface area (Å²) < 4.78 is 0. The van der Waals surface area contributed by atoms with Crippen molar-refractivity contribution in [1.82, 2.24) is 0 Å². The van der Waals surface area contributed by atoms with Crippen molar-refractivity contribution in [3.63, 3.8) is 0 Å². The molecule has 0 aromatic heterocycles. The molecule has 0 rings (SSSR count). The molecule has 0 fully saturated rings. The molecule has 2 amide bonds. The summed E-state index contributed by atoms with van der Waals surface area (Å²) in [4.78, 5) is 21.1. The second-order valence-corrected chi connectivity index (χ2v) is 5.24. The summed E-state index contributed by atoms with van der Waals surface area (Å²) in [7, 11) is 2.52. The Bertz CT molecular complexity index is 171. The van der Waals surface area contributed by atoms with Crippen LogP contribution in [-0.2, 0) is 9.59 Å². The van der Waals surface area contributed by atoms with Crippen LogP contribution in [0.15, 0.2) is 0 Å². The van der Waals surface area contributed by atoms with Crippen molar-refractivity contribution in [1.29, 1.82) is 0 Å². The van der Waals surface area contributed by atoms with E-state index in [0.29, 0.717) is 0 Å². The zero-order valence-electron chi connectivity index (χ0n) is 7.35. The topological polar surface area (TPSA) is 86.2 Å². The Morgan fingerprint density at radius 2 is 1.23 bits per heavy atom. The highest BCUT2D eigenvalue weighted by molar-refractivity contribution is 8.77. The Labute approximate surface area is 91.4 Å². The van der Waals surface area contributed by atoms with Crippen LogP contribution in [-0.4, -0.2) is 22.3 Å². The molecular formula is C6H13ClN2O2S2. The standard InChI is InChI=1S/C6H12N2O2S2.ClH/c1-3(5(7)9)11-12-4(2)6(8)10;/h3-4H,1-2H3,(H2,7,9)(H2,8,10);1H. The summed E-state index contributed by atoms with van der Waals surface area (Å²) in [6.45, 7) is 3.38. The molecule has 78 valence electrons. The van der Waals surface area contributed by atoms with E-state index in [-0.39, 0.29) is 34.7 Å². The lowest BCUT2D eigenvalue weighted by molar-refractivity contribution is -0.118. The third-order valence-electron chi connectivity index (χ3n) is 1.15. The number of halogens is 1. The maximum absolute atomic E-state index is 10.6. The van der Waals surface area contributed by atoms with Crippen molar-refractivity contribution < 1.29 is 9.59 Å². The SMILES string of the molecule is CC(SSC(C)C(N)=O)C(N)=O.Cl. The molecule has 13 heavy (non-hydrogen) atoms. The summed E-state index contributed by atoms with van der Waals surface area (Å²) in [5.74, 6) is -0.770. The van der Waals surface area contributed by atoms with Crippen molar-refractivity contribution in [2.45, 2.75) is 24.3 Å². The summed E-state index contributed by atoms with van der Waals surface area (Å²) in [6.07, 6.45) is 0. The predicted molar refractivity (Wildman–Crippen MR) is 59.7 cm³/mol. The molecule has 4 nitrogen and oxygen atoms in total. The van der Waals surface area contributed by atoms with Gasteiger partial charge in [0.1, 0.15) is 0 Å². The molecule has 0 saturated carbocycles. The maximum atomic E-state index is 10.6. The molecule has 0 aliphatic carbocycles. The van der Waals surface area contributed by atoms with E-state index in [1.165, 1.54) is 21.6 Å². The fourth-order valence-corrected chi connectivity index (χ4v) is 2.35. The molecule has 0 heterocycles. The van der Waals surface area contributed by atoms with Crippen molar-refractivity contribution in [2.24, 2.45) is 11.5 Å². The maximum Gasteiger partial charge on any atom is 0.231 e. The molecule has 0 bridgehead atoms. The van der Waals surface area contributed by atoms with Crippen LogP contribution < -0.4 is 11.5 Å². The van der Waals surface area contributed by atoms with Crippen LogP contribution >= 0.6 is 34.0 Å². The van der Waals surface area contributed by atoms with Crippen LogP contribution in [0.5, 0.6) is 0 Å². The Kier molecular flexibility index (Phi) is 8.70. The zero-order valence-corrected chi connectivity index (χ0v) is 9.80. The number of hydrogen-bond donors (Lipinski definition) is 2. The van der Waals surface area contributed by atoms with Crippen molar-refractivity contribution in [2.75, 3.05) is 0 Å². The third-order valence-corrected chi connectivity index (χ3v) is 4.36. The average molecular weight is 245 g/mol. The minimum atomic E-state index is -0.385. The summed E-state index contributed by atoms with van der Waals surface area (Å²) in [5.41, 5.74) is 10.0. The van der Waals surface area contributed by atoms with Crippen LogP contribution in [0.2, 0.25) is 0 Å². The van der Waals surface area contributed by atoms with E-state index in [0.717, 1.165) is 0 Å². The van der Waals surface area contributed by atoms with E-state index in [1.54, 1.807) is 13.8 Å². The largest absolute Gasteiger partial charge is 0.369 e. The van der Waals surface area contributed by atoms with Gasteiger partial charge in [-0.2, -0.15) is 0 Å². The van der Waals surface area contributed by atoms with Gasteiger partial charge in [-0.3, -0.25) is 9.59 Å². The van der Waals surface area contributed by atoms with Gasteiger partial charge in [-0.1, -0.05) is 21.6 Å². The fourth-order valence-electron chi connectivity index (χ4n) is 0.262. The Morgan fingerprint density at radius 3 is 1.38 bits per heavy atom. The third kappa shape index (κ3) is 7.04. The molecular weight excluding hydrogens is 232 g/mol. The second kappa shape index (κ2) is 7.34. The highest BCUT2D eigenvalue weighted by atomic mass is 35.5. The lowest BCUT2D eigenvalue weighted by atomic mass is 10.5. The normalized spacial score (nSPS) is 14.0. The van der Waals surface area contributed by atoms with Crippen LogP contribution in [0.1, 0.15) is 13.8 Å². The van der Waals surface area contributed by atoms with Crippen LogP contribution in [0.3, 0.4) is 0 Å². The molecule has 0 aromatic rings. The van der Waals surface area contributed by atoms with E-state index < -0.39 is 0 Å². The Hall–Kier alpha value is -0.0700. The molecule has 2 unspecified atom stereocenters. The molecule has 7 heteroatoms. The molecule has 0 saturated heterocycles. The van der Waals surface area contributed by atoms with E-state index in [2.05, 4.69) is 0 Å². The zero-order chi connectivity index (χ0) is 9.72. The highest BCUT2D eigenvalue weighted by Crippen LogP contribution is 2.30. The summed E-state index contributed by atoms with van der Waals surface area (Å²) in [6, 6.07) is 0. The van der Waals surface area contributed by atoms with Gasteiger partial charge in [0.2, 0.25) is 11.8 Å². The van der Waals surface area contributed by atoms with Crippen molar-refractivity contribution in [3.05, 3.63) is 0 Å². The molecule has 0 radical (unpaired) electrons. The predicted octanol–water partition coefficient (Wildman–Crippen LogP) is 0.537. The number of hydrogen-bond acceptors (Lipinski definition) is 4. The average Bonchev–Trinajstić information content (AvgIpc) is 1.98. The molecule has 0 spiro atoms. The monoisotopic (exact) mass is 244 g/mol. The van der Waals surface area contributed by atoms with Gasteiger partial charge in [0, 0.05) is 0 Å². The quantitative estimate of drug-likeness (QED) is 0.691. The molecule has 0 aromatic carbocycles. The minimum absolute atomic E-state index is 0.